The summed E-state index contributed by atoms with van der Waals surface area (Å²) in [5.74, 6) is 0. The Morgan fingerprint density at radius 3 is 2.62 bits per heavy atom. The first-order chi connectivity index (χ1) is 7.93. The number of benzene rings is 1. The first-order valence-electron chi connectivity index (χ1n) is 4.93. The van der Waals surface area contributed by atoms with Gasteiger partial charge in [0.15, 0.2) is 0 Å². The van der Waals surface area contributed by atoms with E-state index in [0.29, 0.717) is 0 Å². The second-order valence-electron chi connectivity index (χ2n) is 3.42. The lowest BCUT2D eigenvalue weighted by Crippen LogP contribution is -1.90. The maximum Gasteiger partial charge on any atom is 0.149 e. The van der Waals surface area contributed by atoms with E-state index in [-0.39, 0.29) is 0 Å². The summed E-state index contributed by atoms with van der Waals surface area (Å²) in [6.45, 7) is 0. The minimum absolute atomic E-state index is 0.821. The van der Waals surface area contributed by atoms with Crippen LogP contribution in [0.1, 0.15) is 0 Å². The van der Waals surface area contributed by atoms with Crippen molar-refractivity contribution in [1.82, 2.24) is 14.9 Å². The molecular formula is C12H9N3O. The van der Waals surface area contributed by atoms with Gasteiger partial charge in [-0.05, 0) is 5.56 Å². The molecule has 0 N–H and O–H groups in total. The quantitative estimate of drug-likeness (QED) is 0.654. The first kappa shape index (κ1) is 8.91. The van der Waals surface area contributed by atoms with Gasteiger partial charge in [0.1, 0.15) is 12.0 Å². The molecule has 0 bridgehead atoms. The molecule has 0 aliphatic rings. The van der Waals surface area contributed by atoms with Crippen LogP contribution in [0, 0.1) is 0 Å². The molecule has 4 heteroatoms. The fourth-order valence-electron chi connectivity index (χ4n) is 1.56. The minimum atomic E-state index is 0.821. The topological polar surface area (TPSA) is 43.9 Å². The van der Waals surface area contributed by atoms with E-state index in [1.54, 1.807) is 17.1 Å². The fourth-order valence-corrected chi connectivity index (χ4v) is 1.56. The van der Waals surface area contributed by atoms with Crippen LogP contribution in [0.25, 0.3) is 16.8 Å². The number of nitrogens with zero attached hydrogens (tertiary/aromatic N) is 3. The maximum absolute atomic E-state index is 4.77. The summed E-state index contributed by atoms with van der Waals surface area (Å²) >= 11 is 0. The molecule has 0 atom stereocenters. The summed E-state index contributed by atoms with van der Waals surface area (Å²) in [5, 5.41) is 7.90. The third-order valence-corrected chi connectivity index (χ3v) is 2.37. The molecule has 0 aliphatic carbocycles. The smallest absolute Gasteiger partial charge is 0.149 e. The Bertz CT molecular complexity index is 569. The summed E-state index contributed by atoms with van der Waals surface area (Å²) in [6, 6.07) is 10.1. The molecule has 16 heavy (non-hydrogen) atoms. The van der Waals surface area contributed by atoms with Gasteiger partial charge in [-0.2, -0.15) is 5.10 Å². The van der Waals surface area contributed by atoms with Crippen LogP contribution in [0.4, 0.5) is 0 Å². The zero-order chi connectivity index (χ0) is 10.8. The molecule has 4 nitrogen and oxygen atoms in total. The zero-order valence-electron chi connectivity index (χ0n) is 8.45. The Labute approximate surface area is 92.1 Å². The molecule has 0 spiro atoms. The molecule has 0 fully saturated rings. The van der Waals surface area contributed by atoms with E-state index in [1.165, 1.54) is 0 Å². The summed E-state index contributed by atoms with van der Waals surface area (Å²) in [7, 11) is 0. The van der Waals surface area contributed by atoms with E-state index >= 15 is 0 Å². The van der Waals surface area contributed by atoms with E-state index < -0.39 is 0 Å². The van der Waals surface area contributed by atoms with Crippen molar-refractivity contribution in [2.24, 2.45) is 0 Å². The Hall–Kier alpha value is -2.36. The lowest BCUT2D eigenvalue weighted by molar-refractivity contribution is 0.419. The van der Waals surface area contributed by atoms with Crippen LogP contribution in [-0.4, -0.2) is 14.9 Å². The average molecular weight is 211 g/mol. The third kappa shape index (κ3) is 1.50. The number of hydrogen-bond donors (Lipinski definition) is 0. The van der Waals surface area contributed by atoms with Gasteiger partial charge in [0.05, 0.1) is 12.4 Å². The van der Waals surface area contributed by atoms with Gasteiger partial charge >= 0.3 is 0 Å². The molecule has 3 aromatic rings. The predicted molar refractivity (Wildman–Crippen MR) is 59.1 cm³/mol. The van der Waals surface area contributed by atoms with Crippen molar-refractivity contribution in [3.8, 4) is 16.8 Å². The van der Waals surface area contributed by atoms with Crippen LogP contribution in [0.2, 0.25) is 0 Å². The average Bonchev–Trinajstić information content (AvgIpc) is 3.01. The monoisotopic (exact) mass is 211 g/mol. The first-order valence-corrected chi connectivity index (χ1v) is 4.93. The lowest BCUT2D eigenvalue weighted by Gasteiger charge is -1.94. The van der Waals surface area contributed by atoms with E-state index in [0.717, 1.165) is 16.8 Å². The molecule has 0 radical (unpaired) electrons. The minimum Gasteiger partial charge on any atom is -0.362 e. The van der Waals surface area contributed by atoms with Crippen LogP contribution in [0.3, 0.4) is 0 Å². The van der Waals surface area contributed by atoms with Gasteiger partial charge in [-0.1, -0.05) is 35.5 Å². The second-order valence-corrected chi connectivity index (χ2v) is 3.42. The Morgan fingerprint density at radius 2 is 1.88 bits per heavy atom. The van der Waals surface area contributed by atoms with Crippen molar-refractivity contribution in [2.45, 2.75) is 0 Å². The zero-order valence-corrected chi connectivity index (χ0v) is 8.45. The van der Waals surface area contributed by atoms with Crippen molar-refractivity contribution >= 4 is 0 Å². The van der Waals surface area contributed by atoms with Crippen LogP contribution >= 0.6 is 0 Å². The van der Waals surface area contributed by atoms with Crippen LogP contribution in [-0.2, 0) is 0 Å². The molecule has 0 unspecified atom stereocenters. The number of rotatable bonds is 2. The molecule has 78 valence electrons. The summed E-state index contributed by atoms with van der Waals surface area (Å²) in [4.78, 5) is 0. The highest BCUT2D eigenvalue weighted by Crippen LogP contribution is 2.19. The Kier molecular flexibility index (Phi) is 2.04. The summed E-state index contributed by atoms with van der Waals surface area (Å²) < 4.78 is 6.51. The lowest BCUT2D eigenvalue weighted by atomic mass is 10.1. The largest absolute Gasteiger partial charge is 0.362 e. The SMILES string of the molecule is c1ccc(-c2cnn(-c3cnoc3)c2)cc1. The maximum atomic E-state index is 4.77. The number of hydrogen-bond acceptors (Lipinski definition) is 3. The van der Waals surface area contributed by atoms with Gasteiger partial charge in [0.2, 0.25) is 0 Å². The van der Waals surface area contributed by atoms with Crippen LogP contribution in [0.15, 0.2) is 59.7 Å². The van der Waals surface area contributed by atoms with Gasteiger partial charge in [-0.3, -0.25) is 0 Å². The standard InChI is InChI=1S/C12H9N3O/c1-2-4-10(5-3-1)11-6-13-15(8-11)12-7-14-16-9-12/h1-9H. The molecule has 2 aromatic heterocycles. The molecule has 1 aromatic carbocycles. The van der Waals surface area contributed by atoms with Crippen molar-refractivity contribution in [3.63, 3.8) is 0 Å². The van der Waals surface area contributed by atoms with E-state index in [9.17, 15) is 0 Å². The van der Waals surface area contributed by atoms with Gasteiger partial charge in [-0.25, -0.2) is 4.68 Å². The highest BCUT2D eigenvalue weighted by Gasteiger charge is 2.03. The summed E-state index contributed by atoms with van der Waals surface area (Å²) in [6.07, 6.45) is 6.95. The fraction of sp³-hybridized carbons (Fsp3) is 0. The van der Waals surface area contributed by atoms with E-state index in [2.05, 4.69) is 22.4 Å². The number of aromatic nitrogens is 3. The molecule has 0 saturated heterocycles. The van der Waals surface area contributed by atoms with Crippen LogP contribution < -0.4 is 0 Å². The van der Waals surface area contributed by atoms with E-state index in [4.69, 9.17) is 4.52 Å². The molecule has 0 aliphatic heterocycles. The molecular weight excluding hydrogens is 202 g/mol. The normalized spacial score (nSPS) is 10.5. The third-order valence-electron chi connectivity index (χ3n) is 2.37. The van der Waals surface area contributed by atoms with Gasteiger partial charge < -0.3 is 4.52 Å². The molecule has 0 saturated carbocycles. The molecule has 3 rings (SSSR count). The summed E-state index contributed by atoms with van der Waals surface area (Å²) in [5.41, 5.74) is 3.04. The Balaban J connectivity index is 2.00. The highest BCUT2D eigenvalue weighted by atomic mass is 16.5. The molecule has 2 heterocycles. The van der Waals surface area contributed by atoms with Gasteiger partial charge in [0, 0.05) is 11.8 Å². The van der Waals surface area contributed by atoms with Crippen molar-refractivity contribution in [3.05, 3.63) is 55.2 Å². The highest BCUT2D eigenvalue weighted by molar-refractivity contribution is 5.61. The van der Waals surface area contributed by atoms with Gasteiger partial charge in [0.25, 0.3) is 0 Å². The van der Waals surface area contributed by atoms with Crippen molar-refractivity contribution in [2.75, 3.05) is 0 Å². The Morgan fingerprint density at radius 1 is 1.00 bits per heavy atom. The van der Waals surface area contributed by atoms with Crippen LogP contribution in [0.5, 0.6) is 0 Å². The second kappa shape index (κ2) is 3.66. The van der Waals surface area contributed by atoms with E-state index in [1.807, 2.05) is 30.6 Å². The van der Waals surface area contributed by atoms with Crippen molar-refractivity contribution < 1.29 is 4.52 Å². The predicted octanol–water partition coefficient (Wildman–Crippen LogP) is 2.53. The van der Waals surface area contributed by atoms with Gasteiger partial charge in [-0.15, -0.1) is 0 Å². The van der Waals surface area contributed by atoms with Crippen molar-refractivity contribution in [1.29, 1.82) is 0 Å². The molecule has 0 amide bonds.